The molecule has 1 aliphatic rings. The van der Waals surface area contributed by atoms with Gasteiger partial charge in [0.25, 0.3) is 0 Å². The summed E-state index contributed by atoms with van der Waals surface area (Å²) in [7, 11) is 0. The van der Waals surface area contributed by atoms with Crippen molar-refractivity contribution in [1.82, 2.24) is 0 Å². The number of aliphatic carboxylic acids is 1. The summed E-state index contributed by atoms with van der Waals surface area (Å²) in [6, 6.07) is 4.65. The molecule has 0 radical (unpaired) electrons. The van der Waals surface area contributed by atoms with Crippen molar-refractivity contribution < 1.29 is 24.5 Å². The van der Waals surface area contributed by atoms with Gasteiger partial charge in [-0.2, -0.15) is 0 Å². The number of aliphatic hydroxyl groups excluding tert-OH is 1. The van der Waals surface area contributed by atoms with E-state index in [0.717, 1.165) is 0 Å². The van der Waals surface area contributed by atoms with E-state index in [0.29, 0.717) is 5.56 Å². The van der Waals surface area contributed by atoms with E-state index in [1.807, 2.05) is 0 Å². The molecule has 3 N–H and O–H groups in total. The van der Waals surface area contributed by atoms with Crippen molar-refractivity contribution >= 4 is 29.4 Å². The monoisotopic (exact) mass is 341 g/mol. The Hall–Kier alpha value is -1.79. The van der Waals surface area contributed by atoms with E-state index < -0.39 is 29.2 Å². The minimum atomic E-state index is -1.14. The number of carboxylic acids is 1. The predicted octanol–water partition coefficient (Wildman–Crippen LogP) is 3.16. The van der Waals surface area contributed by atoms with Crippen molar-refractivity contribution in [3.05, 3.63) is 28.8 Å². The third kappa shape index (κ3) is 3.76. The van der Waals surface area contributed by atoms with Crippen LogP contribution in [-0.4, -0.2) is 34.0 Å². The molecule has 126 valence electrons. The Morgan fingerprint density at radius 1 is 1.35 bits per heavy atom. The van der Waals surface area contributed by atoms with Crippen LogP contribution in [0.3, 0.4) is 0 Å². The van der Waals surface area contributed by atoms with E-state index in [-0.39, 0.29) is 23.6 Å². The molecule has 1 aromatic rings. The van der Waals surface area contributed by atoms with Gasteiger partial charge in [-0.25, -0.2) is 4.79 Å². The summed E-state index contributed by atoms with van der Waals surface area (Å²) in [5.74, 6) is -1.01. The van der Waals surface area contributed by atoms with Crippen LogP contribution < -0.4 is 5.32 Å². The SMILES string of the molecule is CC(C)(C)OC(=O)Nc1cc(C2(C(=O)O)CC(O)C2)ccc1Cl. The lowest BCUT2D eigenvalue weighted by Crippen LogP contribution is -2.50. The maximum absolute atomic E-state index is 11.9. The highest BCUT2D eigenvalue weighted by atomic mass is 35.5. The molecule has 7 heteroatoms. The fourth-order valence-corrected chi connectivity index (χ4v) is 2.78. The number of hydrogen-bond acceptors (Lipinski definition) is 4. The fourth-order valence-electron chi connectivity index (χ4n) is 2.61. The molecule has 1 saturated carbocycles. The number of halogens is 1. The van der Waals surface area contributed by atoms with Crippen LogP contribution in [-0.2, 0) is 14.9 Å². The summed E-state index contributed by atoms with van der Waals surface area (Å²) in [4.78, 5) is 23.5. The number of nitrogens with one attached hydrogen (secondary N) is 1. The summed E-state index contributed by atoms with van der Waals surface area (Å²) in [5.41, 5.74) is -1.03. The number of carbonyl (C=O) groups excluding carboxylic acids is 1. The molecule has 0 atom stereocenters. The lowest BCUT2D eigenvalue weighted by molar-refractivity contribution is -0.152. The molecule has 0 bridgehead atoms. The Morgan fingerprint density at radius 3 is 2.43 bits per heavy atom. The average Bonchev–Trinajstić information content (AvgIpc) is 2.35. The molecule has 1 aliphatic carbocycles. The largest absolute Gasteiger partial charge is 0.481 e. The van der Waals surface area contributed by atoms with Crippen molar-refractivity contribution in [1.29, 1.82) is 0 Å². The molecule has 1 aromatic carbocycles. The van der Waals surface area contributed by atoms with Gasteiger partial charge >= 0.3 is 12.1 Å². The van der Waals surface area contributed by atoms with Crippen LogP contribution in [0.25, 0.3) is 0 Å². The number of ether oxygens (including phenoxy) is 1. The standard InChI is InChI=1S/C16H20ClNO5/c1-15(2,3)23-14(22)18-12-6-9(4-5-11(12)17)16(13(20)21)7-10(19)8-16/h4-6,10,19H,7-8H2,1-3H3,(H,18,22)(H,20,21). The van der Waals surface area contributed by atoms with Crippen LogP contribution in [0.2, 0.25) is 5.02 Å². The summed E-state index contributed by atoms with van der Waals surface area (Å²) in [5, 5.41) is 21.8. The Balaban J connectivity index is 2.26. The first-order valence-electron chi connectivity index (χ1n) is 7.25. The van der Waals surface area contributed by atoms with Gasteiger partial charge in [0.05, 0.1) is 22.2 Å². The molecule has 1 fully saturated rings. The maximum atomic E-state index is 11.9. The highest BCUT2D eigenvalue weighted by Gasteiger charge is 2.51. The summed E-state index contributed by atoms with van der Waals surface area (Å²) in [6.45, 7) is 5.21. The summed E-state index contributed by atoms with van der Waals surface area (Å²) < 4.78 is 5.16. The topological polar surface area (TPSA) is 95.9 Å². The number of amides is 1. The Kier molecular flexibility index (Phi) is 4.59. The van der Waals surface area contributed by atoms with Crippen molar-refractivity contribution in [3.8, 4) is 0 Å². The number of benzene rings is 1. The van der Waals surface area contributed by atoms with Crippen molar-refractivity contribution in [2.24, 2.45) is 0 Å². The van der Waals surface area contributed by atoms with E-state index in [2.05, 4.69) is 5.32 Å². The zero-order valence-electron chi connectivity index (χ0n) is 13.2. The zero-order chi connectivity index (χ0) is 17.4. The fraction of sp³-hybridized carbons (Fsp3) is 0.500. The molecule has 2 rings (SSSR count). The van der Waals surface area contributed by atoms with Gasteiger partial charge in [0.1, 0.15) is 5.60 Å². The minimum Gasteiger partial charge on any atom is -0.481 e. The predicted molar refractivity (Wildman–Crippen MR) is 85.9 cm³/mol. The number of aliphatic hydroxyl groups is 1. The van der Waals surface area contributed by atoms with Crippen LogP contribution in [0.15, 0.2) is 18.2 Å². The molecule has 0 saturated heterocycles. The minimum absolute atomic E-state index is 0.135. The molecule has 23 heavy (non-hydrogen) atoms. The smallest absolute Gasteiger partial charge is 0.412 e. The molecule has 0 spiro atoms. The lowest BCUT2D eigenvalue weighted by atomic mass is 9.62. The van der Waals surface area contributed by atoms with Gasteiger partial charge in [-0.1, -0.05) is 17.7 Å². The Morgan fingerprint density at radius 2 is 1.96 bits per heavy atom. The van der Waals surface area contributed by atoms with Gasteiger partial charge in [0.15, 0.2) is 0 Å². The van der Waals surface area contributed by atoms with Gasteiger partial charge in [-0.3, -0.25) is 10.1 Å². The number of carbonyl (C=O) groups is 2. The van der Waals surface area contributed by atoms with E-state index >= 15 is 0 Å². The van der Waals surface area contributed by atoms with Gasteiger partial charge in [-0.15, -0.1) is 0 Å². The second-order valence-corrected chi connectivity index (χ2v) is 7.18. The van der Waals surface area contributed by atoms with Crippen LogP contribution in [0, 0.1) is 0 Å². The van der Waals surface area contributed by atoms with Crippen LogP contribution in [0.4, 0.5) is 10.5 Å². The zero-order valence-corrected chi connectivity index (χ0v) is 14.0. The van der Waals surface area contributed by atoms with Crippen molar-refractivity contribution in [3.63, 3.8) is 0 Å². The molecule has 0 aliphatic heterocycles. The van der Waals surface area contributed by atoms with E-state index in [9.17, 15) is 19.8 Å². The van der Waals surface area contributed by atoms with Crippen molar-refractivity contribution in [2.45, 2.75) is 50.7 Å². The van der Waals surface area contributed by atoms with Gasteiger partial charge in [0.2, 0.25) is 0 Å². The second-order valence-electron chi connectivity index (χ2n) is 6.77. The highest BCUT2D eigenvalue weighted by Crippen LogP contribution is 2.45. The molecule has 0 heterocycles. The molecule has 6 nitrogen and oxygen atoms in total. The quantitative estimate of drug-likeness (QED) is 0.784. The van der Waals surface area contributed by atoms with E-state index in [1.165, 1.54) is 12.1 Å². The van der Waals surface area contributed by atoms with Gasteiger partial charge in [-0.05, 0) is 51.3 Å². The Labute approximate surface area is 139 Å². The average molecular weight is 342 g/mol. The number of carboxylic acid groups (broad SMARTS) is 1. The maximum Gasteiger partial charge on any atom is 0.412 e. The summed E-state index contributed by atoms with van der Waals surface area (Å²) in [6.07, 6.45) is -1.04. The van der Waals surface area contributed by atoms with Crippen LogP contribution in [0.5, 0.6) is 0 Å². The van der Waals surface area contributed by atoms with Crippen LogP contribution in [0.1, 0.15) is 39.2 Å². The van der Waals surface area contributed by atoms with Gasteiger partial charge < -0.3 is 14.9 Å². The highest BCUT2D eigenvalue weighted by molar-refractivity contribution is 6.33. The molecule has 1 amide bonds. The first-order chi connectivity index (χ1) is 10.5. The molecule has 0 aromatic heterocycles. The number of hydrogen-bond donors (Lipinski definition) is 3. The first kappa shape index (κ1) is 17.6. The van der Waals surface area contributed by atoms with Gasteiger partial charge in [0, 0.05) is 0 Å². The van der Waals surface area contributed by atoms with Crippen LogP contribution >= 0.6 is 11.6 Å². The van der Waals surface area contributed by atoms with Crippen molar-refractivity contribution in [2.75, 3.05) is 5.32 Å². The number of rotatable bonds is 3. The summed E-state index contributed by atoms with van der Waals surface area (Å²) >= 11 is 6.06. The lowest BCUT2D eigenvalue weighted by Gasteiger charge is -2.42. The first-order valence-corrected chi connectivity index (χ1v) is 7.63. The molecule has 0 unspecified atom stereocenters. The Bertz CT molecular complexity index is 632. The van der Waals surface area contributed by atoms with E-state index in [1.54, 1.807) is 26.8 Å². The third-order valence-corrected chi connectivity index (χ3v) is 4.06. The normalized spacial score (nSPS) is 23.8. The van der Waals surface area contributed by atoms with E-state index in [4.69, 9.17) is 16.3 Å². The second kappa shape index (κ2) is 6.02. The molecular formula is C16H20ClNO5. The number of anilines is 1. The molecular weight excluding hydrogens is 322 g/mol. The third-order valence-electron chi connectivity index (χ3n) is 3.73.